The molecule has 1 aromatic carbocycles. The molecular weight excluding hydrogens is 280 g/mol. The van der Waals surface area contributed by atoms with Crippen LogP contribution < -0.4 is 10.6 Å². The van der Waals surface area contributed by atoms with E-state index in [1.807, 2.05) is 24.3 Å². The van der Waals surface area contributed by atoms with Crippen molar-refractivity contribution in [3.8, 4) is 0 Å². The van der Waals surface area contributed by atoms with Crippen LogP contribution in [-0.4, -0.2) is 19.0 Å². The largest absolute Gasteiger partial charge is 0.352 e. The van der Waals surface area contributed by atoms with E-state index in [-0.39, 0.29) is 11.8 Å². The summed E-state index contributed by atoms with van der Waals surface area (Å²) in [6.07, 6.45) is 2.09. The third kappa shape index (κ3) is 3.82. The number of nitrogens with one attached hydrogen (secondary N) is 2. The Balaban J connectivity index is 1.83. The van der Waals surface area contributed by atoms with Crippen LogP contribution in [0.4, 0.5) is 0 Å². The summed E-state index contributed by atoms with van der Waals surface area (Å²) >= 11 is 3.42. The van der Waals surface area contributed by atoms with E-state index in [1.165, 1.54) is 0 Å². The van der Waals surface area contributed by atoms with Gasteiger partial charge in [-0.2, -0.15) is 0 Å². The van der Waals surface area contributed by atoms with Gasteiger partial charge in [-0.25, -0.2) is 0 Å². The SMILES string of the molecule is O=C(NCc1cccc(Br)c1)[C@@H]1CCCNC1. The van der Waals surface area contributed by atoms with E-state index < -0.39 is 0 Å². The number of rotatable bonds is 3. The van der Waals surface area contributed by atoms with Crippen molar-refractivity contribution in [2.45, 2.75) is 19.4 Å². The number of piperidine rings is 1. The Morgan fingerprint density at radius 3 is 3.12 bits per heavy atom. The second-order valence-corrected chi connectivity index (χ2v) is 5.31. The zero-order chi connectivity index (χ0) is 12.1. The van der Waals surface area contributed by atoms with Gasteiger partial charge in [0.2, 0.25) is 5.91 Å². The lowest BCUT2D eigenvalue weighted by Gasteiger charge is -2.21. The molecule has 1 amide bonds. The third-order valence-electron chi connectivity index (χ3n) is 3.02. The van der Waals surface area contributed by atoms with E-state index in [1.54, 1.807) is 0 Å². The molecule has 17 heavy (non-hydrogen) atoms. The molecule has 0 saturated carbocycles. The van der Waals surface area contributed by atoms with Crippen LogP contribution in [0.5, 0.6) is 0 Å². The number of hydrogen-bond acceptors (Lipinski definition) is 2. The van der Waals surface area contributed by atoms with Crippen molar-refractivity contribution in [1.82, 2.24) is 10.6 Å². The molecule has 1 aliphatic heterocycles. The minimum atomic E-state index is 0.135. The lowest BCUT2D eigenvalue weighted by atomic mass is 9.99. The highest BCUT2D eigenvalue weighted by molar-refractivity contribution is 9.10. The van der Waals surface area contributed by atoms with Gasteiger partial charge >= 0.3 is 0 Å². The van der Waals surface area contributed by atoms with Crippen LogP contribution in [0.2, 0.25) is 0 Å². The summed E-state index contributed by atoms with van der Waals surface area (Å²) in [6, 6.07) is 8.01. The molecule has 2 rings (SSSR count). The topological polar surface area (TPSA) is 41.1 Å². The van der Waals surface area contributed by atoms with Crippen LogP contribution >= 0.6 is 15.9 Å². The normalized spacial score (nSPS) is 19.9. The minimum absolute atomic E-state index is 0.135. The summed E-state index contributed by atoms with van der Waals surface area (Å²) in [4.78, 5) is 11.9. The molecule has 1 aromatic rings. The van der Waals surface area contributed by atoms with Gasteiger partial charge in [-0.1, -0.05) is 28.1 Å². The third-order valence-corrected chi connectivity index (χ3v) is 3.52. The average Bonchev–Trinajstić information content (AvgIpc) is 2.37. The number of benzene rings is 1. The van der Waals surface area contributed by atoms with Crippen molar-refractivity contribution in [1.29, 1.82) is 0 Å². The number of carbonyl (C=O) groups is 1. The van der Waals surface area contributed by atoms with Crippen molar-refractivity contribution in [2.24, 2.45) is 5.92 Å². The summed E-state index contributed by atoms with van der Waals surface area (Å²) in [7, 11) is 0. The standard InChI is InChI=1S/C13H17BrN2O/c14-12-5-1-3-10(7-12)8-16-13(17)11-4-2-6-15-9-11/h1,3,5,7,11,15H,2,4,6,8-9H2,(H,16,17)/t11-/m1/s1. The van der Waals surface area contributed by atoms with Gasteiger partial charge in [-0.05, 0) is 37.1 Å². The molecular formula is C13H17BrN2O. The van der Waals surface area contributed by atoms with Gasteiger partial charge in [-0.15, -0.1) is 0 Å². The van der Waals surface area contributed by atoms with Crippen LogP contribution in [0.3, 0.4) is 0 Å². The molecule has 1 aliphatic rings. The van der Waals surface area contributed by atoms with Gasteiger partial charge in [0.15, 0.2) is 0 Å². The van der Waals surface area contributed by atoms with Crippen LogP contribution in [0, 0.1) is 5.92 Å². The van der Waals surface area contributed by atoms with E-state index in [4.69, 9.17) is 0 Å². The highest BCUT2D eigenvalue weighted by atomic mass is 79.9. The van der Waals surface area contributed by atoms with Crippen molar-refractivity contribution >= 4 is 21.8 Å². The van der Waals surface area contributed by atoms with Crippen LogP contribution in [-0.2, 0) is 11.3 Å². The molecule has 1 heterocycles. The predicted octanol–water partition coefficient (Wildman–Crippen LogP) is 2.06. The number of halogens is 1. The van der Waals surface area contributed by atoms with Gasteiger partial charge in [0.25, 0.3) is 0 Å². The lowest BCUT2D eigenvalue weighted by Crippen LogP contribution is -2.40. The second kappa shape index (κ2) is 6.17. The van der Waals surface area contributed by atoms with Crippen molar-refractivity contribution in [3.05, 3.63) is 34.3 Å². The average molecular weight is 297 g/mol. The molecule has 4 heteroatoms. The molecule has 0 unspecified atom stereocenters. The Morgan fingerprint density at radius 1 is 1.53 bits per heavy atom. The fourth-order valence-electron chi connectivity index (χ4n) is 2.06. The Labute approximate surface area is 110 Å². The maximum absolute atomic E-state index is 11.9. The van der Waals surface area contributed by atoms with Gasteiger partial charge in [-0.3, -0.25) is 4.79 Å². The molecule has 0 spiro atoms. The van der Waals surface area contributed by atoms with Gasteiger partial charge in [0.1, 0.15) is 0 Å². The Kier molecular flexibility index (Phi) is 4.57. The molecule has 92 valence electrons. The van der Waals surface area contributed by atoms with E-state index in [0.717, 1.165) is 36.0 Å². The quantitative estimate of drug-likeness (QED) is 0.896. The highest BCUT2D eigenvalue weighted by Crippen LogP contribution is 2.13. The van der Waals surface area contributed by atoms with Crippen LogP contribution in [0.15, 0.2) is 28.7 Å². The smallest absolute Gasteiger partial charge is 0.224 e. The molecule has 3 nitrogen and oxygen atoms in total. The van der Waals surface area contributed by atoms with Crippen LogP contribution in [0.25, 0.3) is 0 Å². The first-order valence-corrected chi connectivity index (χ1v) is 6.78. The molecule has 1 atom stereocenters. The van der Waals surface area contributed by atoms with E-state index >= 15 is 0 Å². The zero-order valence-corrected chi connectivity index (χ0v) is 11.3. The summed E-state index contributed by atoms with van der Waals surface area (Å²) in [5.41, 5.74) is 1.12. The molecule has 0 aliphatic carbocycles. The fourth-order valence-corrected chi connectivity index (χ4v) is 2.50. The second-order valence-electron chi connectivity index (χ2n) is 4.39. The van der Waals surface area contributed by atoms with Crippen molar-refractivity contribution < 1.29 is 4.79 Å². The van der Waals surface area contributed by atoms with Crippen LogP contribution in [0.1, 0.15) is 18.4 Å². The van der Waals surface area contributed by atoms with Gasteiger partial charge in [0, 0.05) is 17.6 Å². The Morgan fingerprint density at radius 2 is 2.41 bits per heavy atom. The maximum atomic E-state index is 11.9. The zero-order valence-electron chi connectivity index (χ0n) is 9.71. The fraction of sp³-hybridized carbons (Fsp3) is 0.462. The molecule has 1 saturated heterocycles. The molecule has 2 N–H and O–H groups in total. The highest BCUT2D eigenvalue weighted by Gasteiger charge is 2.20. The predicted molar refractivity (Wildman–Crippen MR) is 71.6 cm³/mol. The summed E-state index contributed by atoms with van der Waals surface area (Å²) < 4.78 is 1.04. The monoisotopic (exact) mass is 296 g/mol. The Hall–Kier alpha value is -0.870. The number of amides is 1. The maximum Gasteiger partial charge on any atom is 0.224 e. The van der Waals surface area contributed by atoms with Gasteiger partial charge < -0.3 is 10.6 Å². The van der Waals surface area contributed by atoms with Crippen molar-refractivity contribution in [3.63, 3.8) is 0 Å². The molecule has 0 aromatic heterocycles. The summed E-state index contributed by atoms with van der Waals surface area (Å²) in [6.45, 7) is 2.45. The first kappa shape index (κ1) is 12.6. The summed E-state index contributed by atoms with van der Waals surface area (Å²) in [5.74, 6) is 0.299. The van der Waals surface area contributed by atoms with E-state index in [0.29, 0.717) is 6.54 Å². The number of hydrogen-bond donors (Lipinski definition) is 2. The van der Waals surface area contributed by atoms with E-state index in [9.17, 15) is 4.79 Å². The minimum Gasteiger partial charge on any atom is -0.352 e. The van der Waals surface area contributed by atoms with Gasteiger partial charge in [0.05, 0.1) is 5.92 Å². The molecule has 0 radical (unpaired) electrons. The molecule has 0 bridgehead atoms. The van der Waals surface area contributed by atoms with E-state index in [2.05, 4.69) is 26.6 Å². The molecule has 1 fully saturated rings. The Bertz CT molecular complexity index is 389. The van der Waals surface area contributed by atoms with Crippen molar-refractivity contribution in [2.75, 3.05) is 13.1 Å². The first-order chi connectivity index (χ1) is 8.25. The summed E-state index contributed by atoms with van der Waals surface area (Å²) in [5, 5.41) is 6.25. The lowest BCUT2D eigenvalue weighted by molar-refractivity contribution is -0.125. The number of carbonyl (C=O) groups excluding carboxylic acids is 1. The first-order valence-electron chi connectivity index (χ1n) is 5.98.